The summed E-state index contributed by atoms with van der Waals surface area (Å²) in [6.07, 6.45) is 3.03. The maximum Gasteiger partial charge on any atom is 0.223 e. The summed E-state index contributed by atoms with van der Waals surface area (Å²) in [7, 11) is -1.91. The maximum absolute atomic E-state index is 14.5. The quantitative estimate of drug-likeness (QED) is 0.294. The first kappa shape index (κ1) is 23.8. The highest BCUT2D eigenvalue weighted by Gasteiger charge is 2.37. The van der Waals surface area contributed by atoms with E-state index in [9.17, 15) is 4.39 Å². The zero-order valence-electron chi connectivity index (χ0n) is 19.6. The van der Waals surface area contributed by atoms with E-state index in [-0.39, 0.29) is 21.9 Å². The van der Waals surface area contributed by atoms with Gasteiger partial charge >= 0.3 is 0 Å². The van der Waals surface area contributed by atoms with Gasteiger partial charge in [-0.15, -0.1) is 0 Å². The molecule has 0 atom stereocenters. The highest BCUT2D eigenvalue weighted by atomic mass is 35.5. The Balaban J connectivity index is 2.18. The van der Waals surface area contributed by atoms with Gasteiger partial charge in [-0.05, 0) is 65.3 Å². The van der Waals surface area contributed by atoms with E-state index in [0.29, 0.717) is 12.2 Å². The molecule has 0 N–H and O–H groups in total. The van der Waals surface area contributed by atoms with Crippen molar-refractivity contribution in [3.63, 3.8) is 0 Å². The Labute approximate surface area is 190 Å². The molecular formula is C24H31ClFN3OSi. The van der Waals surface area contributed by atoms with E-state index in [2.05, 4.69) is 57.7 Å². The van der Waals surface area contributed by atoms with Crippen molar-refractivity contribution in [1.82, 2.24) is 15.0 Å². The molecule has 0 saturated carbocycles. The molecule has 0 bridgehead atoms. The van der Waals surface area contributed by atoms with E-state index in [0.717, 1.165) is 28.2 Å². The van der Waals surface area contributed by atoms with E-state index >= 15 is 0 Å². The van der Waals surface area contributed by atoms with Crippen molar-refractivity contribution in [3.05, 3.63) is 52.3 Å². The Morgan fingerprint density at radius 2 is 1.81 bits per heavy atom. The van der Waals surface area contributed by atoms with Crippen LogP contribution in [0.1, 0.15) is 57.2 Å². The minimum atomic E-state index is -1.91. The van der Waals surface area contributed by atoms with Crippen LogP contribution in [0.15, 0.2) is 24.5 Å². The van der Waals surface area contributed by atoms with Crippen molar-refractivity contribution >= 4 is 30.8 Å². The van der Waals surface area contributed by atoms with Crippen molar-refractivity contribution in [2.45, 2.75) is 72.2 Å². The third-order valence-corrected chi connectivity index (χ3v) is 11.0. The summed E-state index contributed by atoms with van der Waals surface area (Å²) in [4.78, 5) is 12.6. The van der Waals surface area contributed by atoms with Gasteiger partial charge in [0.2, 0.25) is 5.28 Å². The third kappa shape index (κ3) is 4.66. The zero-order valence-corrected chi connectivity index (χ0v) is 21.4. The van der Waals surface area contributed by atoms with Gasteiger partial charge in [0, 0.05) is 17.1 Å². The normalized spacial score (nSPS) is 12.7. The standard InChI is InChI=1S/C24H31ClFN3OSi/c1-14(2)20-16(13-30-31(7,8)24(4,5)6)11-27-19-10-9-17(15(3)21(19)20)22-18(26)12-28-23(25)29-22/h9-12,14H,13H2,1-8H3. The number of aryl methyl sites for hydroxylation is 1. The van der Waals surface area contributed by atoms with Crippen molar-refractivity contribution in [3.8, 4) is 11.3 Å². The van der Waals surface area contributed by atoms with E-state index in [1.165, 1.54) is 5.56 Å². The van der Waals surface area contributed by atoms with Crippen LogP contribution in [0, 0.1) is 12.7 Å². The van der Waals surface area contributed by atoms with Crippen molar-refractivity contribution in [1.29, 1.82) is 0 Å². The first-order chi connectivity index (χ1) is 14.3. The number of nitrogens with zero attached hydrogens (tertiary/aromatic N) is 3. The molecule has 31 heavy (non-hydrogen) atoms. The summed E-state index contributed by atoms with van der Waals surface area (Å²) in [6, 6.07) is 3.76. The van der Waals surface area contributed by atoms with Crippen LogP contribution in [0.4, 0.5) is 4.39 Å². The van der Waals surface area contributed by atoms with Crippen LogP contribution < -0.4 is 0 Å². The number of rotatable bonds is 5. The molecule has 0 aliphatic rings. The molecule has 0 aliphatic heterocycles. The fourth-order valence-electron chi connectivity index (χ4n) is 3.56. The summed E-state index contributed by atoms with van der Waals surface area (Å²) in [5, 5.41) is 1.18. The van der Waals surface area contributed by atoms with E-state index in [1.807, 2.05) is 25.3 Å². The molecule has 3 aromatic rings. The van der Waals surface area contributed by atoms with Crippen molar-refractivity contribution in [2.75, 3.05) is 0 Å². The highest BCUT2D eigenvalue weighted by molar-refractivity contribution is 6.74. The van der Waals surface area contributed by atoms with Crippen LogP contribution in [0.2, 0.25) is 23.4 Å². The van der Waals surface area contributed by atoms with Crippen LogP contribution in [-0.4, -0.2) is 23.3 Å². The summed E-state index contributed by atoms with van der Waals surface area (Å²) in [5.74, 6) is -0.250. The SMILES string of the molecule is Cc1c(-c2nc(Cl)ncc2F)ccc2ncc(CO[Si](C)(C)C(C)(C)C)c(C(C)C)c12. The van der Waals surface area contributed by atoms with Crippen LogP contribution in [0.25, 0.3) is 22.2 Å². The lowest BCUT2D eigenvalue weighted by Crippen LogP contribution is -2.40. The molecular weight excluding hydrogens is 429 g/mol. The molecule has 7 heteroatoms. The first-order valence-electron chi connectivity index (χ1n) is 10.6. The lowest BCUT2D eigenvalue weighted by Gasteiger charge is -2.36. The summed E-state index contributed by atoms with van der Waals surface area (Å²) < 4.78 is 21.0. The maximum atomic E-state index is 14.5. The molecule has 166 valence electrons. The van der Waals surface area contributed by atoms with E-state index in [1.54, 1.807) is 0 Å². The molecule has 1 aromatic carbocycles. The summed E-state index contributed by atoms with van der Waals surface area (Å²) in [5.41, 5.74) is 4.97. The number of benzene rings is 1. The number of hydrogen-bond acceptors (Lipinski definition) is 4. The van der Waals surface area contributed by atoms with Crippen LogP contribution in [0.5, 0.6) is 0 Å². The Kier molecular flexibility index (Phi) is 6.56. The lowest BCUT2D eigenvalue weighted by molar-refractivity contribution is 0.275. The molecule has 3 rings (SSSR count). The average molecular weight is 460 g/mol. The second kappa shape index (κ2) is 8.56. The Morgan fingerprint density at radius 1 is 1.13 bits per heavy atom. The second-order valence-corrected chi connectivity index (χ2v) is 15.0. The van der Waals surface area contributed by atoms with Gasteiger partial charge in [0.25, 0.3) is 0 Å². The minimum Gasteiger partial charge on any atom is -0.412 e. The monoisotopic (exact) mass is 459 g/mol. The smallest absolute Gasteiger partial charge is 0.223 e. The molecule has 0 radical (unpaired) electrons. The fraction of sp³-hybridized carbons (Fsp3) is 0.458. The topological polar surface area (TPSA) is 47.9 Å². The number of fused-ring (bicyclic) bond motifs is 1. The molecule has 0 fully saturated rings. The minimum absolute atomic E-state index is 0.0228. The van der Waals surface area contributed by atoms with Gasteiger partial charge in [0.05, 0.1) is 18.3 Å². The predicted molar refractivity (Wildman–Crippen MR) is 129 cm³/mol. The molecule has 2 heterocycles. The predicted octanol–water partition coefficient (Wildman–Crippen LogP) is 7.44. The van der Waals surface area contributed by atoms with Crippen molar-refractivity contribution in [2.24, 2.45) is 0 Å². The van der Waals surface area contributed by atoms with Gasteiger partial charge in [-0.25, -0.2) is 14.4 Å². The molecule has 2 aromatic heterocycles. The van der Waals surface area contributed by atoms with Crippen LogP contribution in [0.3, 0.4) is 0 Å². The summed E-state index contributed by atoms with van der Waals surface area (Å²) >= 11 is 5.95. The van der Waals surface area contributed by atoms with E-state index < -0.39 is 14.1 Å². The van der Waals surface area contributed by atoms with Crippen LogP contribution in [-0.2, 0) is 11.0 Å². The number of aromatic nitrogens is 3. The third-order valence-electron chi connectivity index (χ3n) is 6.36. The lowest BCUT2D eigenvalue weighted by atomic mass is 9.89. The largest absolute Gasteiger partial charge is 0.412 e. The Morgan fingerprint density at radius 3 is 2.42 bits per heavy atom. The zero-order chi connectivity index (χ0) is 23.1. The molecule has 0 saturated heterocycles. The molecule has 0 unspecified atom stereocenters. The second-order valence-electron chi connectivity index (χ2n) is 9.87. The van der Waals surface area contributed by atoms with Crippen LogP contribution >= 0.6 is 11.6 Å². The van der Waals surface area contributed by atoms with E-state index in [4.69, 9.17) is 21.0 Å². The molecule has 0 aliphatic carbocycles. The van der Waals surface area contributed by atoms with Gasteiger partial charge in [-0.1, -0.05) is 40.7 Å². The van der Waals surface area contributed by atoms with Crippen molar-refractivity contribution < 1.29 is 8.82 Å². The van der Waals surface area contributed by atoms with Gasteiger partial charge in [-0.3, -0.25) is 4.98 Å². The molecule has 0 amide bonds. The number of hydrogen-bond donors (Lipinski definition) is 0. The first-order valence-corrected chi connectivity index (χ1v) is 13.9. The van der Waals surface area contributed by atoms with Gasteiger partial charge in [-0.2, -0.15) is 0 Å². The average Bonchev–Trinajstić information content (AvgIpc) is 2.67. The summed E-state index contributed by atoms with van der Waals surface area (Å²) in [6.45, 7) is 18.0. The molecule has 4 nitrogen and oxygen atoms in total. The Hall–Kier alpha value is -1.89. The number of halogens is 2. The van der Waals surface area contributed by atoms with Gasteiger partial charge < -0.3 is 4.43 Å². The van der Waals surface area contributed by atoms with Gasteiger partial charge in [0.15, 0.2) is 14.1 Å². The van der Waals surface area contributed by atoms with Gasteiger partial charge in [0.1, 0.15) is 5.69 Å². The number of pyridine rings is 1. The molecule has 0 spiro atoms. The fourth-order valence-corrected chi connectivity index (χ4v) is 4.65. The Bertz CT molecular complexity index is 1130. The highest BCUT2D eigenvalue weighted by Crippen LogP contribution is 2.39.